The minimum absolute atomic E-state index is 0.0490. The van der Waals surface area contributed by atoms with E-state index in [-0.39, 0.29) is 11.9 Å². The summed E-state index contributed by atoms with van der Waals surface area (Å²) in [5.74, 6) is -0.0907. The van der Waals surface area contributed by atoms with E-state index < -0.39 is 0 Å². The van der Waals surface area contributed by atoms with Crippen molar-refractivity contribution < 1.29 is 4.79 Å². The van der Waals surface area contributed by atoms with Crippen molar-refractivity contribution in [3.8, 4) is 0 Å². The second-order valence-corrected chi connectivity index (χ2v) is 4.83. The second-order valence-electron chi connectivity index (χ2n) is 4.83. The minimum atomic E-state index is -0.0907. The number of carbonyl (C=O) groups is 1. The van der Waals surface area contributed by atoms with Gasteiger partial charge in [-0.15, -0.1) is 0 Å². The lowest BCUT2D eigenvalue weighted by molar-refractivity contribution is 0.0941. The number of nitrogens with zero attached hydrogens (tertiary/aromatic N) is 2. The summed E-state index contributed by atoms with van der Waals surface area (Å²) in [5, 5.41) is 2.98. The Morgan fingerprint density at radius 1 is 1.25 bits per heavy atom. The topological polar surface area (TPSA) is 45.2 Å². The highest BCUT2D eigenvalue weighted by Crippen LogP contribution is 2.11. The third kappa shape index (κ3) is 3.82. The summed E-state index contributed by atoms with van der Waals surface area (Å²) in [4.78, 5) is 18.1. The van der Waals surface area contributed by atoms with Crippen molar-refractivity contribution in [1.82, 2.24) is 10.3 Å². The summed E-state index contributed by atoms with van der Waals surface area (Å²) in [5.41, 5.74) is 1.72. The van der Waals surface area contributed by atoms with Crippen LogP contribution in [0.3, 0.4) is 0 Å². The molecule has 1 aromatic heterocycles. The van der Waals surface area contributed by atoms with Crippen molar-refractivity contribution in [2.24, 2.45) is 0 Å². The Morgan fingerprint density at radius 3 is 2.65 bits per heavy atom. The quantitative estimate of drug-likeness (QED) is 0.906. The number of nitrogens with one attached hydrogen (secondary N) is 1. The van der Waals surface area contributed by atoms with Gasteiger partial charge in [0.25, 0.3) is 5.91 Å². The van der Waals surface area contributed by atoms with E-state index in [0.29, 0.717) is 5.56 Å². The van der Waals surface area contributed by atoms with E-state index >= 15 is 0 Å². The van der Waals surface area contributed by atoms with Crippen molar-refractivity contribution >= 4 is 11.6 Å². The van der Waals surface area contributed by atoms with Gasteiger partial charge < -0.3 is 10.2 Å². The van der Waals surface area contributed by atoms with Gasteiger partial charge in [0.1, 0.15) is 0 Å². The van der Waals surface area contributed by atoms with E-state index in [0.717, 1.165) is 12.2 Å². The van der Waals surface area contributed by atoms with Gasteiger partial charge in [-0.2, -0.15) is 0 Å². The lowest BCUT2D eigenvalue weighted by Crippen LogP contribution is -2.40. The summed E-state index contributed by atoms with van der Waals surface area (Å²) in [6.45, 7) is 2.74. The van der Waals surface area contributed by atoms with Crippen LogP contribution >= 0.6 is 0 Å². The van der Waals surface area contributed by atoms with Gasteiger partial charge in [-0.3, -0.25) is 9.78 Å². The third-order valence-electron chi connectivity index (χ3n) is 3.05. The predicted molar refractivity (Wildman–Crippen MR) is 80.9 cm³/mol. The number of pyridine rings is 1. The fraction of sp³-hybridized carbons (Fsp3) is 0.250. The number of hydrogen-bond acceptors (Lipinski definition) is 3. The van der Waals surface area contributed by atoms with Crippen molar-refractivity contribution in [3.63, 3.8) is 0 Å². The Balaban J connectivity index is 1.90. The molecular formula is C16H19N3O. The molecule has 1 amide bonds. The van der Waals surface area contributed by atoms with Gasteiger partial charge in [0.15, 0.2) is 0 Å². The van der Waals surface area contributed by atoms with Gasteiger partial charge in [0.2, 0.25) is 0 Å². The number of anilines is 1. The third-order valence-corrected chi connectivity index (χ3v) is 3.05. The maximum atomic E-state index is 12.0. The average molecular weight is 269 g/mol. The first-order chi connectivity index (χ1) is 9.66. The Morgan fingerprint density at radius 2 is 2.00 bits per heavy atom. The molecule has 1 N–H and O–H groups in total. The van der Waals surface area contributed by atoms with Crippen LogP contribution in [-0.4, -0.2) is 30.5 Å². The molecule has 0 bridgehead atoms. The van der Waals surface area contributed by atoms with E-state index in [1.54, 1.807) is 24.5 Å². The SMILES string of the molecule is C[C@@H](CN(C)c1ccccc1)NC(=O)c1cccnc1. The van der Waals surface area contributed by atoms with Gasteiger partial charge in [0, 0.05) is 37.7 Å². The molecule has 1 aromatic carbocycles. The van der Waals surface area contributed by atoms with Crippen LogP contribution in [0.15, 0.2) is 54.9 Å². The molecule has 0 aliphatic carbocycles. The summed E-state index contributed by atoms with van der Waals surface area (Å²) in [6.07, 6.45) is 3.23. The monoisotopic (exact) mass is 269 g/mol. The number of likely N-dealkylation sites (N-methyl/N-ethyl adjacent to an activating group) is 1. The summed E-state index contributed by atoms with van der Waals surface area (Å²) in [6, 6.07) is 13.7. The molecule has 0 saturated carbocycles. The molecular weight excluding hydrogens is 250 g/mol. The van der Waals surface area contributed by atoms with Crippen molar-refractivity contribution in [3.05, 3.63) is 60.4 Å². The molecule has 0 aliphatic rings. The highest BCUT2D eigenvalue weighted by Gasteiger charge is 2.11. The number of carbonyl (C=O) groups excluding carboxylic acids is 1. The van der Waals surface area contributed by atoms with E-state index in [1.165, 1.54) is 0 Å². The summed E-state index contributed by atoms with van der Waals surface area (Å²) in [7, 11) is 2.02. The number of hydrogen-bond donors (Lipinski definition) is 1. The van der Waals surface area contributed by atoms with Crippen LogP contribution in [0.5, 0.6) is 0 Å². The molecule has 4 nitrogen and oxygen atoms in total. The Bertz CT molecular complexity index is 542. The van der Waals surface area contributed by atoms with Gasteiger partial charge in [-0.25, -0.2) is 0 Å². The molecule has 0 fully saturated rings. The van der Waals surface area contributed by atoms with Crippen LogP contribution in [0.2, 0.25) is 0 Å². The lowest BCUT2D eigenvalue weighted by atomic mass is 10.2. The molecule has 2 rings (SSSR count). The number of amides is 1. The minimum Gasteiger partial charge on any atom is -0.373 e. The van der Waals surface area contributed by atoms with Crippen molar-refractivity contribution in [2.75, 3.05) is 18.5 Å². The largest absolute Gasteiger partial charge is 0.373 e. The van der Waals surface area contributed by atoms with Gasteiger partial charge >= 0.3 is 0 Å². The molecule has 1 atom stereocenters. The van der Waals surface area contributed by atoms with E-state index in [2.05, 4.69) is 27.3 Å². The van der Waals surface area contributed by atoms with Gasteiger partial charge in [0.05, 0.1) is 5.56 Å². The first-order valence-corrected chi connectivity index (χ1v) is 6.64. The van der Waals surface area contributed by atoms with Crippen molar-refractivity contribution in [1.29, 1.82) is 0 Å². The van der Waals surface area contributed by atoms with Crippen LogP contribution in [0.1, 0.15) is 17.3 Å². The zero-order chi connectivity index (χ0) is 14.4. The Hall–Kier alpha value is -2.36. The number of rotatable bonds is 5. The molecule has 4 heteroatoms. The van der Waals surface area contributed by atoms with Crippen LogP contribution in [-0.2, 0) is 0 Å². The standard InChI is InChI=1S/C16H19N3O/c1-13(12-19(2)15-8-4-3-5-9-15)18-16(20)14-7-6-10-17-11-14/h3-11,13H,12H2,1-2H3,(H,18,20)/t13-/m0/s1. The molecule has 1 heterocycles. The van der Waals surface area contributed by atoms with Gasteiger partial charge in [-0.1, -0.05) is 18.2 Å². The maximum Gasteiger partial charge on any atom is 0.253 e. The van der Waals surface area contributed by atoms with Crippen LogP contribution in [0.25, 0.3) is 0 Å². The first-order valence-electron chi connectivity index (χ1n) is 6.64. The molecule has 0 saturated heterocycles. The van der Waals surface area contributed by atoms with Crippen LogP contribution < -0.4 is 10.2 Å². The average Bonchev–Trinajstić information content (AvgIpc) is 2.49. The highest BCUT2D eigenvalue weighted by molar-refractivity contribution is 5.94. The van der Waals surface area contributed by atoms with Crippen LogP contribution in [0, 0.1) is 0 Å². The fourth-order valence-electron chi connectivity index (χ4n) is 2.05. The van der Waals surface area contributed by atoms with Crippen molar-refractivity contribution in [2.45, 2.75) is 13.0 Å². The van der Waals surface area contributed by atoms with E-state index in [4.69, 9.17) is 0 Å². The van der Waals surface area contributed by atoms with E-state index in [9.17, 15) is 4.79 Å². The van der Waals surface area contributed by atoms with Crippen LogP contribution in [0.4, 0.5) is 5.69 Å². The zero-order valence-electron chi connectivity index (χ0n) is 11.8. The highest BCUT2D eigenvalue weighted by atomic mass is 16.1. The smallest absolute Gasteiger partial charge is 0.253 e. The Kier molecular flexibility index (Phi) is 4.71. The predicted octanol–water partition coefficient (Wildman–Crippen LogP) is 2.34. The lowest BCUT2D eigenvalue weighted by Gasteiger charge is -2.24. The number of para-hydroxylation sites is 1. The van der Waals surface area contributed by atoms with E-state index in [1.807, 2.05) is 32.2 Å². The molecule has 104 valence electrons. The van der Waals surface area contributed by atoms with Gasteiger partial charge in [-0.05, 0) is 31.2 Å². The summed E-state index contributed by atoms with van der Waals surface area (Å²) < 4.78 is 0. The maximum absolute atomic E-state index is 12.0. The molecule has 0 spiro atoms. The summed E-state index contributed by atoms with van der Waals surface area (Å²) >= 11 is 0. The second kappa shape index (κ2) is 6.70. The molecule has 2 aromatic rings. The molecule has 0 aliphatic heterocycles. The molecule has 0 radical (unpaired) electrons. The zero-order valence-corrected chi connectivity index (χ0v) is 11.8. The first kappa shape index (κ1) is 14.1. The molecule has 20 heavy (non-hydrogen) atoms. The normalized spacial score (nSPS) is 11.7. The number of benzene rings is 1. The number of aromatic nitrogens is 1. The fourth-order valence-corrected chi connectivity index (χ4v) is 2.05. The Labute approximate surface area is 119 Å². The molecule has 0 unspecified atom stereocenters.